The minimum absolute atomic E-state index is 0.240. The van der Waals surface area contributed by atoms with Crippen molar-refractivity contribution in [1.29, 1.82) is 0 Å². The van der Waals surface area contributed by atoms with Crippen LogP contribution in [0.2, 0.25) is 5.02 Å². The second-order valence-corrected chi connectivity index (χ2v) is 7.79. The number of hydrogen-bond donors (Lipinski definition) is 1. The number of carbonyl (C=O) groups is 1. The first-order valence-corrected chi connectivity index (χ1v) is 9.27. The number of anilines is 1. The summed E-state index contributed by atoms with van der Waals surface area (Å²) in [6.45, 7) is 3.55. The summed E-state index contributed by atoms with van der Waals surface area (Å²) in [5.41, 5.74) is 1.57. The molecular weight excluding hydrogens is 326 g/mol. The first kappa shape index (κ1) is 17.1. The van der Waals surface area contributed by atoms with E-state index in [-0.39, 0.29) is 6.03 Å². The first-order chi connectivity index (χ1) is 10.3. The Bertz CT molecular complexity index is 663. The molecular formula is C14H20ClN3O3S. The van der Waals surface area contributed by atoms with E-state index in [0.29, 0.717) is 43.3 Å². The van der Waals surface area contributed by atoms with Crippen molar-refractivity contribution < 1.29 is 13.2 Å². The molecule has 0 unspecified atom stereocenters. The first-order valence-electron chi connectivity index (χ1n) is 7.04. The van der Waals surface area contributed by atoms with Gasteiger partial charge in [0.25, 0.3) is 0 Å². The molecule has 8 heteroatoms. The predicted molar refractivity (Wildman–Crippen MR) is 87.8 cm³/mol. The van der Waals surface area contributed by atoms with E-state index >= 15 is 0 Å². The average Bonchev–Trinajstić information content (AvgIpc) is 2.68. The molecule has 1 aliphatic rings. The zero-order valence-corrected chi connectivity index (χ0v) is 14.2. The highest BCUT2D eigenvalue weighted by Gasteiger charge is 2.23. The van der Waals surface area contributed by atoms with Crippen LogP contribution in [0.5, 0.6) is 0 Å². The Balaban J connectivity index is 1.99. The number of nitrogens with one attached hydrogen (secondary N) is 1. The summed E-state index contributed by atoms with van der Waals surface area (Å²) in [5, 5.41) is 3.39. The van der Waals surface area contributed by atoms with E-state index in [1.807, 2.05) is 13.0 Å². The van der Waals surface area contributed by atoms with E-state index in [4.69, 9.17) is 11.6 Å². The van der Waals surface area contributed by atoms with Gasteiger partial charge in [0.05, 0.1) is 6.26 Å². The molecule has 0 bridgehead atoms. The van der Waals surface area contributed by atoms with Crippen LogP contribution >= 0.6 is 11.6 Å². The molecule has 1 aromatic carbocycles. The number of carbonyl (C=O) groups excluding carboxylic acids is 1. The molecule has 0 aliphatic carbocycles. The van der Waals surface area contributed by atoms with E-state index in [9.17, 15) is 13.2 Å². The molecule has 0 spiro atoms. The predicted octanol–water partition coefficient (Wildman–Crippen LogP) is 2.15. The van der Waals surface area contributed by atoms with Gasteiger partial charge in [0, 0.05) is 36.9 Å². The van der Waals surface area contributed by atoms with Crippen molar-refractivity contribution in [3.63, 3.8) is 0 Å². The largest absolute Gasteiger partial charge is 0.323 e. The average molecular weight is 346 g/mol. The van der Waals surface area contributed by atoms with E-state index in [1.54, 1.807) is 17.0 Å². The Kier molecular flexibility index (Phi) is 5.31. The maximum absolute atomic E-state index is 12.3. The standard InChI is InChI=1S/C14H20ClN3O3S/c1-11-4-5-12(10-13(11)15)16-14(19)17-6-3-7-18(9-8-17)22(2,20)21/h4-5,10H,3,6-9H2,1-2H3,(H,16,19). The number of urea groups is 1. The Morgan fingerprint density at radius 2 is 1.95 bits per heavy atom. The van der Waals surface area contributed by atoms with E-state index < -0.39 is 10.0 Å². The summed E-state index contributed by atoms with van der Waals surface area (Å²) < 4.78 is 24.5. The Hall–Kier alpha value is -1.31. The molecule has 0 aromatic heterocycles. The highest BCUT2D eigenvalue weighted by Crippen LogP contribution is 2.20. The molecule has 1 aromatic rings. The van der Waals surface area contributed by atoms with E-state index in [1.165, 1.54) is 10.6 Å². The van der Waals surface area contributed by atoms with Gasteiger partial charge in [-0.1, -0.05) is 17.7 Å². The molecule has 0 radical (unpaired) electrons. The molecule has 1 heterocycles. The molecule has 2 amide bonds. The lowest BCUT2D eigenvalue weighted by Gasteiger charge is -2.21. The summed E-state index contributed by atoms with van der Waals surface area (Å²) in [5.74, 6) is 0. The molecule has 1 saturated heterocycles. The topological polar surface area (TPSA) is 69.7 Å². The van der Waals surface area contributed by atoms with Crippen molar-refractivity contribution in [1.82, 2.24) is 9.21 Å². The fourth-order valence-corrected chi connectivity index (χ4v) is 3.36. The molecule has 1 fully saturated rings. The Labute approximate surface area is 136 Å². The number of sulfonamides is 1. The maximum Gasteiger partial charge on any atom is 0.321 e. The number of aryl methyl sites for hydroxylation is 1. The van der Waals surface area contributed by atoms with Crippen molar-refractivity contribution >= 4 is 33.3 Å². The minimum Gasteiger partial charge on any atom is -0.323 e. The fraction of sp³-hybridized carbons (Fsp3) is 0.500. The smallest absolute Gasteiger partial charge is 0.321 e. The van der Waals surface area contributed by atoms with Gasteiger partial charge in [0.1, 0.15) is 0 Å². The zero-order chi connectivity index (χ0) is 16.3. The van der Waals surface area contributed by atoms with Gasteiger partial charge in [-0.25, -0.2) is 17.5 Å². The molecule has 1 N–H and O–H groups in total. The fourth-order valence-electron chi connectivity index (χ4n) is 2.30. The minimum atomic E-state index is -3.21. The van der Waals surface area contributed by atoms with Crippen LogP contribution in [0.25, 0.3) is 0 Å². The Morgan fingerprint density at radius 3 is 2.59 bits per heavy atom. The summed E-state index contributed by atoms with van der Waals surface area (Å²) in [6.07, 6.45) is 1.81. The SMILES string of the molecule is Cc1ccc(NC(=O)N2CCCN(S(C)(=O)=O)CC2)cc1Cl. The Morgan fingerprint density at radius 1 is 1.23 bits per heavy atom. The monoisotopic (exact) mass is 345 g/mol. The molecule has 0 atom stereocenters. The van der Waals surface area contributed by atoms with Gasteiger partial charge in [0.2, 0.25) is 10.0 Å². The summed E-state index contributed by atoms with van der Waals surface area (Å²) in [4.78, 5) is 13.9. The van der Waals surface area contributed by atoms with Gasteiger partial charge in [-0.3, -0.25) is 0 Å². The zero-order valence-electron chi connectivity index (χ0n) is 12.7. The quantitative estimate of drug-likeness (QED) is 0.892. The van der Waals surface area contributed by atoms with Gasteiger partial charge in [-0.05, 0) is 31.0 Å². The van der Waals surface area contributed by atoms with Crippen molar-refractivity contribution in [2.75, 3.05) is 37.8 Å². The number of amides is 2. The number of benzene rings is 1. The molecule has 2 rings (SSSR count). The van der Waals surface area contributed by atoms with Crippen LogP contribution in [0.4, 0.5) is 10.5 Å². The van der Waals surface area contributed by atoms with Gasteiger partial charge in [-0.15, -0.1) is 0 Å². The second-order valence-electron chi connectivity index (χ2n) is 5.40. The van der Waals surface area contributed by atoms with Crippen molar-refractivity contribution in [2.24, 2.45) is 0 Å². The highest BCUT2D eigenvalue weighted by atomic mass is 35.5. The third-order valence-corrected chi connectivity index (χ3v) is 5.34. The molecule has 0 saturated carbocycles. The number of rotatable bonds is 2. The van der Waals surface area contributed by atoms with E-state index in [2.05, 4.69) is 5.32 Å². The summed E-state index contributed by atoms with van der Waals surface area (Å²) in [6, 6.07) is 5.09. The lowest BCUT2D eigenvalue weighted by atomic mass is 10.2. The molecule has 6 nitrogen and oxygen atoms in total. The van der Waals surface area contributed by atoms with Crippen LogP contribution in [0.1, 0.15) is 12.0 Å². The second kappa shape index (κ2) is 6.85. The number of halogens is 1. The summed E-state index contributed by atoms with van der Waals surface area (Å²) in [7, 11) is -3.21. The van der Waals surface area contributed by atoms with Crippen molar-refractivity contribution in [2.45, 2.75) is 13.3 Å². The normalized spacial score (nSPS) is 17.1. The van der Waals surface area contributed by atoms with E-state index in [0.717, 1.165) is 5.56 Å². The third-order valence-electron chi connectivity index (χ3n) is 3.63. The lowest BCUT2D eigenvalue weighted by molar-refractivity contribution is 0.214. The van der Waals surface area contributed by atoms with Gasteiger partial charge >= 0.3 is 6.03 Å². The molecule has 22 heavy (non-hydrogen) atoms. The van der Waals surface area contributed by atoms with Crippen molar-refractivity contribution in [3.8, 4) is 0 Å². The van der Waals surface area contributed by atoms with Crippen LogP contribution in [0.3, 0.4) is 0 Å². The van der Waals surface area contributed by atoms with Crippen LogP contribution in [-0.2, 0) is 10.0 Å². The van der Waals surface area contributed by atoms with Gasteiger partial charge in [0.15, 0.2) is 0 Å². The van der Waals surface area contributed by atoms with Gasteiger partial charge < -0.3 is 10.2 Å². The third kappa shape index (κ3) is 4.34. The van der Waals surface area contributed by atoms with Crippen LogP contribution < -0.4 is 5.32 Å². The number of nitrogens with zero attached hydrogens (tertiary/aromatic N) is 2. The lowest BCUT2D eigenvalue weighted by Crippen LogP contribution is -2.39. The highest BCUT2D eigenvalue weighted by molar-refractivity contribution is 7.88. The van der Waals surface area contributed by atoms with Crippen LogP contribution in [0.15, 0.2) is 18.2 Å². The maximum atomic E-state index is 12.3. The van der Waals surface area contributed by atoms with Crippen LogP contribution in [-0.4, -0.2) is 56.1 Å². The summed E-state index contributed by atoms with van der Waals surface area (Å²) >= 11 is 6.04. The van der Waals surface area contributed by atoms with Crippen LogP contribution in [0, 0.1) is 6.92 Å². The van der Waals surface area contributed by atoms with Gasteiger partial charge in [-0.2, -0.15) is 0 Å². The molecule has 1 aliphatic heterocycles. The van der Waals surface area contributed by atoms with Crippen molar-refractivity contribution in [3.05, 3.63) is 28.8 Å². The number of hydrogen-bond acceptors (Lipinski definition) is 3. The molecule has 122 valence electrons.